The molecule has 3 rings (SSSR count). The number of methoxy groups -OCH3 is 1. The van der Waals surface area contributed by atoms with Crippen LogP contribution in [0.3, 0.4) is 0 Å². The van der Waals surface area contributed by atoms with Gasteiger partial charge in [0.15, 0.2) is 0 Å². The largest absolute Gasteiger partial charge is 0.497 e. The summed E-state index contributed by atoms with van der Waals surface area (Å²) in [4.78, 5) is 43.0. The number of rotatable bonds is 10. The van der Waals surface area contributed by atoms with E-state index in [0.29, 0.717) is 17.9 Å². The Bertz CT molecular complexity index is 1180. The molecule has 3 amide bonds. The molecule has 0 aromatic heterocycles. The highest BCUT2D eigenvalue weighted by atomic mass is 16.6. The summed E-state index contributed by atoms with van der Waals surface area (Å²) < 4.78 is 10.7. The summed E-state index contributed by atoms with van der Waals surface area (Å²) in [5.74, 6) is 0.219. The second-order valence-electron chi connectivity index (χ2n) is 12.1. The molecule has 0 bridgehead atoms. The fourth-order valence-corrected chi connectivity index (χ4v) is 4.94. The Balaban J connectivity index is 2.04. The first-order valence-electron chi connectivity index (χ1n) is 14.1. The van der Waals surface area contributed by atoms with E-state index in [9.17, 15) is 14.4 Å². The lowest BCUT2D eigenvalue weighted by molar-refractivity contribution is -0.146. The number of anilines is 1. The smallest absolute Gasteiger partial charge is 0.408 e. The third kappa shape index (κ3) is 8.23. The SMILES string of the molecule is COc1ccc(NC(=O)C(c2ccc(C)cc2C)N(C(=O)C(CC(C)C)NC(=O)OC(C)(C)C)C2CCC2)cc1. The molecule has 8 heteroatoms. The van der Waals surface area contributed by atoms with E-state index in [1.807, 2.05) is 45.9 Å². The van der Waals surface area contributed by atoms with Crippen molar-refractivity contribution in [2.75, 3.05) is 12.4 Å². The molecular formula is C32H45N3O5. The van der Waals surface area contributed by atoms with Crippen LogP contribution in [0.1, 0.15) is 83.0 Å². The van der Waals surface area contributed by atoms with Crippen molar-refractivity contribution in [3.05, 3.63) is 59.2 Å². The van der Waals surface area contributed by atoms with Crippen LogP contribution in [0.4, 0.5) is 10.5 Å². The summed E-state index contributed by atoms with van der Waals surface area (Å²) in [5.41, 5.74) is 2.65. The minimum Gasteiger partial charge on any atom is -0.497 e. The fourth-order valence-electron chi connectivity index (χ4n) is 4.94. The zero-order valence-corrected chi connectivity index (χ0v) is 25.2. The van der Waals surface area contributed by atoms with Crippen molar-refractivity contribution in [1.82, 2.24) is 10.2 Å². The summed E-state index contributed by atoms with van der Waals surface area (Å²) in [6.07, 6.45) is 2.34. The van der Waals surface area contributed by atoms with Gasteiger partial charge in [-0.3, -0.25) is 9.59 Å². The number of hydrogen-bond acceptors (Lipinski definition) is 5. The maximum Gasteiger partial charge on any atom is 0.408 e. The van der Waals surface area contributed by atoms with Gasteiger partial charge in [0.25, 0.3) is 5.91 Å². The summed E-state index contributed by atoms with van der Waals surface area (Å²) in [5, 5.41) is 5.84. The minimum atomic E-state index is -0.879. The van der Waals surface area contributed by atoms with Gasteiger partial charge in [0, 0.05) is 11.7 Å². The Morgan fingerprint density at radius 1 is 1.02 bits per heavy atom. The topological polar surface area (TPSA) is 97.0 Å². The van der Waals surface area contributed by atoms with Gasteiger partial charge in [-0.1, -0.05) is 37.6 Å². The van der Waals surface area contributed by atoms with Crippen LogP contribution < -0.4 is 15.4 Å². The van der Waals surface area contributed by atoms with Gasteiger partial charge in [0.05, 0.1) is 7.11 Å². The Labute approximate surface area is 238 Å². The van der Waals surface area contributed by atoms with Crippen LogP contribution in [-0.4, -0.2) is 47.6 Å². The average Bonchev–Trinajstić information content (AvgIpc) is 2.81. The molecule has 2 aromatic rings. The molecule has 0 radical (unpaired) electrons. The number of carbonyl (C=O) groups excluding carboxylic acids is 3. The first-order valence-corrected chi connectivity index (χ1v) is 14.1. The van der Waals surface area contributed by atoms with Gasteiger partial charge < -0.3 is 25.0 Å². The zero-order chi connectivity index (χ0) is 29.6. The van der Waals surface area contributed by atoms with Crippen LogP contribution in [-0.2, 0) is 14.3 Å². The average molecular weight is 552 g/mol. The van der Waals surface area contributed by atoms with Gasteiger partial charge >= 0.3 is 6.09 Å². The standard InChI is InChI=1S/C32H45N3O5/c1-20(2)18-27(34-31(38)40-32(5,6)7)30(37)35(24-10-9-11-24)28(26-17-12-21(3)19-22(26)4)29(36)33-23-13-15-25(39-8)16-14-23/h12-17,19-20,24,27-28H,9-11,18H2,1-8H3,(H,33,36)(H,34,38). The van der Waals surface area contributed by atoms with Crippen molar-refractivity contribution in [2.24, 2.45) is 5.92 Å². The lowest BCUT2D eigenvalue weighted by Crippen LogP contribution is -2.57. The molecule has 0 saturated heterocycles. The Kier molecular flexibility index (Phi) is 10.2. The van der Waals surface area contributed by atoms with Crippen LogP contribution in [0.2, 0.25) is 0 Å². The van der Waals surface area contributed by atoms with Crippen LogP contribution in [0.25, 0.3) is 0 Å². The summed E-state index contributed by atoms with van der Waals surface area (Å²) in [6, 6.07) is 11.2. The van der Waals surface area contributed by atoms with Gasteiger partial charge in [-0.05, 0) is 102 Å². The number of aryl methyl sites for hydroxylation is 2. The lowest BCUT2D eigenvalue weighted by atomic mass is 9.86. The van der Waals surface area contributed by atoms with Gasteiger partial charge in [0.2, 0.25) is 5.91 Å². The Morgan fingerprint density at radius 2 is 1.68 bits per heavy atom. The highest BCUT2D eigenvalue weighted by Crippen LogP contribution is 2.36. The normalized spacial score (nSPS) is 15.0. The van der Waals surface area contributed by atoms with Gasteiger partial charge in [-0.15, -0.1) is 0 Å². The predicted octanol–water partition coefficient (Wildman–Crippen LogP) is 6.31. The summed E-state index contributed by atoms with van der Waals surface area (Å²) in [7, 11) is 1.59. The van der Waals surface area contributed by atoms with Crippen molar-refractivity contribution in [3.63, 3.8) is 0 Å². The number of nitrogens with one attached hydrogen (secondary N) is 2. The van der Waals surface area contributed by atoms with E-state index in [-0.39, 0.29) is 23.8 Å². The summed E-state index contributed by atoms with van der Waals surface area (Å²) >= 11 is 0. The molecule has 1 aliphatic rings. The minimum absolute atomic E-state index is 0.116. The van der Waals surface area contributed by atoms with Crippen molar-refractivity contribution >= 4 is 23.6 Å². The molecule has 2 unspecified atom stereocenters. The van der Waals surface area contributed by atoms with Gasteiger partial charge in [-0.25, -0.2) is 4.79 Å². The number of benzene rings is 2. The van der Waals surface area contributed by atoms with Gasteiger partial charge in [-0.2, -0.15) is 0 Å². The van der Waals surface area contributed by atoms with E-state index >= 15 is 0 Å². The predicted molar refractivity (Wildman–Crippen MR) is 157 cm³/mol. The number of alkyl carbamates (subject to hydrolysis) is 1. The quantitative estimate of drug-likeness (QED) is 0.361. The van der Waals surface area contributed by atoms with E-state index in [1.54, 1.807) is 57.0 Å². The van der Waals surface area contributed by atoms with Crippen LogP contribution in [0.15, 0.2) is 42.5 Å². The maximum atomic E-state index is 14.4. The fraction of sp³-hybridized carbons (Fsp3) is 0.531. The molecule has 1 aliphatic carbocycles. The molecule has 2 atom stereocenters. The van der Waals surface area contributed by atoms with E-state index in [4.69, 9.17) is 9.47 Å². The highest BCUT2D eigenvalue weighted by Gasteiger charge is 2.42. The third-order valence-electron chi connectivity index (χ3n) is 7.02. The van der Waals surface area contributed by atoms with E-state index in [2.05, 4.69) is 10.6 Å². The monoisotopic (exact) mass is 551 g/mol. The zero-order valence-electron chi connectivity index (χ0n) is 25.2. The summed E-state index contributed by atoms with van der Waals surface area (Å²) in [6.45, 7) is 13.3. The Hall–Kier alpha value is -3.55. The molecule has 0 aliphatic heterocycles. The third-order valence-corrected chi connectivity index (χ3v) is 7.02. The maximum absolute atomic E-state index is 14.4. The van der Waals surface area contributed by atoms with E-state index in [1.165, 1.54) is 0 Å². The molecular weight excluding hydrogens is 506 g/mol. The first kappa shape index (κ1) is 31.0. The van der Waals surface area contributed by atoms with E-state index < -0.39 is 23.8 Å². The number of carbonyl (C=O) groups is 3. The van der Waals surface area contributed by atoms with Crippen LogP contribution in [0, 0.1) is 19.8 Å². The molecule has 1 saturated carbocycles. The van der Waals surface area contributed by atoms with E-state index in [0.717, 1.165) is 36.0 Å². The molecule has 2 aromatic carbocycles. The van der Waals surface area contributed by atoms with Crippen molar-refractivity contribution in [1.29, 1.82) is 0 Å². The number of amides is 3. The molecule has 40 heavy (non-hydrogen) atoms. The number of ether oxygens (including phenoxy) is 2. The molecule has 0 heterocycles. The lowest BCUT2D eigenvalue weighted by Gasteiger charge is -2.44. The van der Waals surface area contributed by atoms with Crippen LogP contribution >= 0.6 is 0 Å². The molecule has 0 spiro atoms. The second-order valence-corrected chi connectivity index (χ2v) is 12.1. The molecule has 8 nitrogen and oxygen atoms in total. The molecule has 2 N–H and O–H groups in total. The highest BCUT2D eigenvalue weighted by molar-refractivity contribution is 5.99. The number of nitrogens with zero attached hydrogens (tertiary/aromatic N) is 1. The molecule has 218 valence electrons. The second kappa shape index (κ2) is 13.2. The Morgan fingerprint density at radius 3 is 2.17 bits per heavy atom. The molecule has 1 fully saturated rings. The van der Waals surface area contributed by atoms with Crippen LogP contribution in [0.5, 0.6) is 5.75 Å². The van der Waals surface area contributed by atoms with Gasteiger partial charge in [0.1, 0.15) is 23.4 Å². The van der Waals surface area contributed by atoms with Crippen molar-refractivity contribution in [2.45, 2.75) is 97.9 Å². The van der Waals surface area contributed by atoms with Crippen molar-refractivity contribution in [3.8, 4) is 5.75 Å². The number of hydrogen-bond donors (Lipinski definition) is 2. The van der Waals surface area contributed by atoms with Crippen molar-refractivity contribution < 1.29 is 23.9 Å². The first-order chi connectivity index (χ1) is 18.8.